The zero-order valence-corrected chi connectivity index (χ0v) is 14.5. The molecule has 1 aliphatic heterocycles. The SMILES string of the molecule is O=C(Nc1cc(-c2cccs2)[nH]n1)c1csc(C2CCNCC2)n1. The summed E-state index contributed by atoms with van der Waals surface area (Å²) in [6.07, 6.45) is 2.16. The van der Waals surface area contributed by atoms with E-state index in [0.717, 1.165) is 41.5 Å². The lowest BCUT2D eigenvalue weighted by molar-refractivity contribution is 0.102. The first-order valence-corrected chi connectivity index (χ1v) is 9.62. The number of aromatic nitrogens is 3. The van der Waals surface area contributed by atoms with Gasteiger partial charge < -0.3 is 10.6 Å². The highest BCUT2D eigenvalue weighted by Crippen LogP contribution is 2.28. The predicted octanol–water partition coefficient (Wildman–Crippen LogP) is 3.31. The van der Waals surface area contributed by atoms with Gasteiger partial charge in [-0.25, -0.2) is 4.98 Å². The fraction of sp³-hybridized carbons (Fsp3) is 0.312. The maximum absolute atomic E-state index is 12.4. The van der Waals surface area contributed by atoms with E-state index in [1.54, 1.807) is 22.7 Å². The molecule has 3 aromatic rings. The molecule has 124 valence electrons. The van der Waals surface area contributed by atoms with Gasteiger partial charge >= 0.3 is 0 Å². The van der Waals surface area contributed by atoms with Gasteiger partial charge in [-0.3, -0.25) is 9.89 Å². The van der Waals surface area contributed by atoms with Crippen molar-refractivity contribution in [3.05, 3.63) is 39.7 Å². The Morgan fingerprint density at radius 2 is 2.17 bits per heavy atom. The molecule has 0 aromatic carbocycles. The summed E-state index contributed by atoms with van der Waals surface area (Å²) in [6.45, 7) is 2.04. The van der Waals surface area contributed by atoms with Gasteiger partial charge in [0.05, 0.1) is 15.6 Å². The van der Waals surface area contributed by atoms with Crippen LogP contribution in [0.3, 0.4) is 0 Å². The van der Waals surface area contributed by atoms with Crippen molar-refractivity contribution in [1.82, 2.24) is 20.5 Å². The monoisotopic (exact) mass is 359 g/mol. The number of piperidine rings is 1. The number of carbonyl (C=O) groups is 1. The summed E-state index contributed by atoms with van der Waals surface area (Å²) in [5.41, 5.74) is 1.36. The van der Waals surface area contributed by atoms with Gasteiger partial charge in [-0.15, -0.1) is 22.7 Å². The van der Waals surface area contributed by atoms with Gasteiger partial charge in [-0.05, 0) is 37.4 Å². The van der Waals surface area contributed by atoms with E-state index in [-0.39, 0.29) is 5.91 Å². The second-order valence-electron chi connectivity index (χ2n) is 5.69. The Morgan fingerprint density at radius 3 is 2.96 bits per heavy atom. The Labute approximate surface area is 147 Å². The number of carbonyl (C=O) groups excluding carboxylic acids is 1. The highest BCUT2D eigenvalue weighted by molar-refractivity contribution is 7.13. The van der Waals surface area contributed by atoms with Gasteiger partial charge in [0.15, 0.2) is 5.82 Å². The summed E-state index contributed by atoms with van der Waals surface area (Å²) >= 11 is 3.20. The number of thiophene rings is 1. The molecular weight excluding hydrogens is 342 g/mol. The van der Waals surface area contributed by atoms with E-state index in [1.807, 2.05) is 29.0 Å². The fourth-order valence-electron chi connectivity index (χ4n) is 2.77. The Hall–Kier alpha value is -2.03. The number of amides is 1. The summed E-state index contributed by atoms with van der Waals surface area (Å²) in [6, 6.07) is 5.83. The second kappa shape index (κ2) is 6.84. The van der Waals surface area contributed by atoms with E-state index < -0.39 is 0 Å². The summed E-state index contributed by atoms with van der Waals surface area (Å²) < 4.78 is 0. The highest BCUT2D eigenvalue weighted by atomic mass is 32.1. The van der Waals surface area contributed by atoms with E-state index in [4.69, 9.17) is 0 Å². The third kappa shape index (κ3) is 3.26. The fourth-order valence-corrected chi connectivity index (χ4v) is 4.44. The minimum atomic E-state index is -0.212. The van der Waals surface area contributed by atoms with Crippen LogP contribution in [0.25, 0.3) is 10.6 Å². The van der Waals surface area contributed by atoms with Crippen molar-refractivity contribution in [2.75, 3.05) is 18.4 Å². The lowest BCUT2D eigenvalue weighted by Gasteiger charge is -2.20. The van der Waals surface area contributed by atoms with Crippen LogP contribution < -0.4 is 10.6 Å². The summed E-state index contributed by atoms with van der Waals surface area (Å²) in [7, 11) is 0. The van der Waals surface area contributed by atoms with E-state index in [2.05, 4.69) is 25.8 Å². The van der Waals surface area contributed by atoms with Crippen LogP contribution >= 0.6 is 22.7 Å². The Morgan fingerprint density at radius 1 is 1.29 bits per heavy atom. The summed E-state index contributed by atoms with van der Waals surface area (Å²) in [4.78, 5) is 18.0. The number of anilines is 1. The van der Waals surface area contributed by atoms with Crippen LogP contribution in [0.5, 0.6) is 0 Å². The molecule has 1 aliphatic rings. The lowest BCUT2D eigenvalue weighted by Crippen LogP contribution is -2.26. The summed E-state index contributed by atoms with van der Waals surface area (Å²) in [5.74, 6) is 0.768. The molecular formula is C16H17N5OS2. The maximum atomic E-state index is 12.4. The van der Waals surface area contributed by atoms with E-state index >= 15 is 0 Å². The molecule has 6 nitrogen and oxygen atoms in total. The minimum absolute atomic E-state index is 0.212. The topological polar surface area (TPSA) is 82.7 Å². The van der Waals surface area contributed by atoms with Crippen molar-refractivity contribution < 1.29 is 4.79 Å². The molecule has 1 fully saturated rings. The smallest absolute Gasteiger partial charge is 0.276 e. The number of aromatic amines is 1. The molecule has 0 atom stereocenters. The number of H-pyrrole nitrogens is 1. The van der Waals surface area contributed by atoms with Crippen LogP contribution in [-0.2, 0) is 0 Å². The molecule has 24 heavy (non-hydrogen) atoms. The number of nitrogens with zero attached hydrogens (tertiary/aromatic N) is 2. The second-order valence-corrected chi connectivity index (χ2v) is 7.53. The molecule has 0 unspecified atom stereocenters. The van der Waals surface area contributed by atoms with Gasteiger partial charge in [0.25, 0.3) is 5.91 Å². The van der Waals surface area contributed by atoms with Crippen LogP contribution in [0.2, 0.25) is 0 Å². The molecule has 3 aromatic heterocycles. The van der Waals surface area contributed by atoms with Crippen molar-refractivity contribution in [3.63, 3.8) is 0 Å². The van der Waals surface area contributed by atoms with Crippen molar-refractivity contribution in [1.29, 1.82) is 0 Å². The van der Waals surface area contributed by atoms with E-state index in [9.17, 15) is 4.79 Å². The van der Waals surface area contributed by atoms with Crippen molar-refractivity contribution >= 4 is 34.4 Å². The van der Waals surface area contributed by atoms with E-state index in [1.165, 1.54) is 0 Å². The van der Waals surface area contributed by atoms with Crippen molar-refractivity contribution in [2.24, 2.45) is 0 Å². The van der Waals surface area contributed by atoms with Gasteiger partial charge in [0, 0.05) is 17.4 Å². The zero-order valence-electron chi connectivity index (χ0n) is 12.9. The quantitative estimate of drug-likeness (QED) is 0.667. The van der Waals surface area contributed by atoms with Gasteiger partial charge in [0.2, 0.25) is 0 Å². The molecule has 4 heterocycles. The molecule has 3 N–H and O–H groups in total. The molecule has 0 aliphatic carbocycles. The van der Waals surface area contributed by atoms with Crippen LogP contribution in [-0.4, -0.2) is 34.2 Å². The molecule has 8 heteroatoms. The van der Waals surface area contributed by atoms with Gasteiger partial charge in [0.1, 0.15) is 5.69 Å². The number of hydrogen-bond acceptors (Lipinski definition) is 6. The normalized spacial score (nSPS) is 15.5. The third-order valence-corrected chi connectivity index (χ3v) is 5.96. The van der Waals surface area contributed by atoms with Crippen molar-refractivity contribution in [3.8, 4) is 10.6 Å². The Kier molecular flexibility index (Phi) is 4.42. The largest absolute Gasteiger partial charge is 0.317 e. The number of rotatable bonds is 4. The molecule has 1 amide bonds. The first-order chi connectivity index (χ1) is 11.8. The molecule has 0 saturated carbocycles. The first kappa shape index (κ1) is 15.5. The van der Waals surface area contributed by atoms with Crippen LogP contribution in [0, 0.1) is 0 Å². The van der Waals surface area contributed by atoms with Gasteiger partial charge in [-0.2, -0.15) is 5.10 Å². The lowest BCUT2D eigenvalue weighted by atomic mass is 9.99. The number of thiazole rings is 1. The Balaban J connectivity index is 1.44. The number of hydrogen-bond donors (Lipinski definition) is 3. The third-order valence-electron chi connectivity index (χ3n) is 4.05. The van der Waals surface area contributed by atoms with Crippen molar-refractivity contribution in [2.45, 2.75) is 18.8 Å². The standard InChI is InChI=1S/C16H17N5OS2/c22-15(12-9-24-16(18-12)10-3-5-17-6-4-10)19-14-8-11(20-21-14)13-2-1-7-23-13/h1-2,7-10,17H,3-6H2,(H2,19,20,21,22). The van der Waals surface area contributed by atoms with Crippen LogP contribution in [0.1, 0.15) is 34.3 Å². The first-order valence-electron chi connectivity index (χ1n) is 7.86. The van der Waals surface area contributed by atoms with Gasteiger partial charge in [-0.1, -0.05) is 6.07 Å². The predicted molar refractivity (Wildman–Crippen MR) is 96.8 cm³/mol. The van der Waals surface area contributed by atoms with Crippen LogP contribution in [0.4, 0.5) is 5.82 Å². The Bertz CT molecular complexity index is 817. The molecule has 0 bridgehead atoms. The average molecular weight is 359 g/mol. The number of nitrogens with one attached hydrogen (secondary N) is 3. The average Bonchev–Trinajstić information content (AvgIpc) is 3.36. The van der Waals surface area contributed by atoms with Crippen LogP contribution in [0.15, 0.2) is 29.0 Å². The summed E-state index contributed by atoms with van der Waals surface area (Å²) in [5, 5.41) is 18.2. The van der Waals surface area contributed by atoms with E-state index in [0.29, 0.717) is 17.4 Å². The molecule has 1 saturated heterocycles. The molecule has 0 radical (unpaired) electrons. The molecule has 4 rings (SSSR count). The zero-order chi connectivity index (χ0) is 16.4. The minimum Gasteiger partial charge on any atom is -0.317 e. The highest BCUT2D eigenvalue weighted by Gasteiger charge is 2.20. The molecule has 0 spiro atoms. The maximum Gasteiger partial charge on any atom is 0.276 e.